The van der Waals surface area contributed by atoms with Gasteiger partial charge in [-0.05, 0) is 19.8 Å². The third-order valence-electron chi connectivity index (χ3n) is 10.4. The number of unbranched alkanes of at least 4 members (excludes halogenated alkanes) is 30. The predicted molar refractivity (Wildman–Crippen MR) is 208 cm³/mol. The Morgan fingerprint density at radius 1 is 0.404 bits per heavy atom. The molecule has 0 aliphatic carbocycles. The first kappa shape index (κ1) is 46.8. The van der Waals surface area contributed by atoms with E-state index in [0.717, 1.165) is 26.1 Å². The van der Waals surface area contributed by atoms with E-state index < -0.39 is 0 Å². The van der Waals surface area contributed by atoms with E-state index in [2.05, 4.69) is 34.9 Å². The van der Waals surface area contributed by atoms with Crippen LogP contribution in [0.1, 0.15) is 226 Å². The summed E-state index contributed by atoms with van der Waals surface area (Å²) in [5, 5.41) is 9.67. The Morgan fingerprint density at radius 2 is 0.660 bits per heavy atom. The van der Waals surface area contributed by atoms with Crippen molar-refractivity contribution < 1.29 is 19.1 Å². The monoisotopic (exact) mass is 669 g/mol. The Labute approximate surface area is 297 Å². The Balaban J connectivity index is 3.80. The topological polar surface area (TPSA) is 38.7 Å². The van der Waals surface area contributed by atoms with Crippen molar-refractivity contribution in [3.8, 4) is 0 Å². The van der Waals surface area contributed by atoms with Gasteiger partial charge >= 0.3 is 0 Å². The van der Waals surface area contributed by atoms with Gasteiger partial charge in [-0.1, -0.05) is 206 Å². The van der Waals surface area contributed by atoms with Crippen LogP contribution in [0.5, 0.6) is 0 Å². The van der Waals surface area contributed by atoms with Gasteiger partial charge in [0, 0.05) is 6.61 Å². The molecule has 0 saturated heterocycles. The minimum Gasteiger partial charge on any atom is -0.391 e. The van der Waals surface area contributed by atoms with Crippen molar-refractivity contribution in [2.24, 2.45) is 0 Å². The second kappa shape index (κ2) is 37.1. The summed E-state index contributed by atoms with van der Waals surface area (Å²) in [7, 11) is 4.34. The number of ether oxygens (including phenoxy) is 2. The zero-order valence-corrected chi connectivity index (χ0v) is 33.3. The first-order chi connectivity index (χ1) is 23.0. The summed E-state index contributed by atoms with van der Waals surface area (Å²) in [6.07, 6.45) is 44.5. The molecule has 0 amide bonds. The zero-order valence-electron chi connectivity index (χ0n) is 33.3. The van der Waals surface area contributed by atoms with E-state index in [9.17, 15) is 5.11 Å². The molecule has 0 aromatic rings. The number of quaternary nitrogens is 1. The van der Waals surface area contributed by atoms with E-state index in [1.54, 1.807) is 0 Å². The van der Waals surface area contributed by atoms with Gasteiger partial charge in [0.1, 0.15) is 12.6 Å². The van der Waals surface area contributed by atoms with Gasteiger partial charge < -0.3 is 14.6 Å². The van der Waals surface area contributed by atoms with Gasteiger partial charge in [0.25, 0.3) is 0 Å². The highest BCUT2D eigenvalue weighted by Gasteiger charge is 2.34. The third kappa shape index (κ3) is 32.8. The molecule has 0 rings (SSSR count). The van der Waals surface area contributed by atoms with Gasteiger partial charge in [-0.2, -0.15) is 0 Å². The third-order valence-corrected chi connectivity index (χ3v) is 10.4. The molecule has 0 aromatic carbocycles. The lowest BCUT2D eigenvalue weighted by molar-refractivity contribution is -0.941. The van der Waals surface area contributed by atoms with Crippen molar-refractivity contribution in [2.75, 3.05) is 40.5 Å². The van der Waals surface area contributed by atoms with Crippen LogP contribution in [-0.2, 0) is 9.47 Å². The average Bonchev–Trinajstić information content (AvgIpc) is 3.05. The number of aliphatic hydroxyl groups is 1. The lowest BCUT2D eigenvalue weighted by Crippen LogP contribution is -2.57. The maximum Gasteiger partial charge on any atom is 0.219 e. The quantitative estimate of drug-likeness (QED) is 0.0401. The fourth-order valence-corrected chi connectivity index (χ4v) is 7.15. The van der Waals surface area contributed by atoms with Crippen molar-refractivity contribution in [1.82, 2.24) is 0 Å². The molecule has 1 N–H and O–H groups in total. The SMILES string of the molecule is CCCCCCCCCCCCCCCCCCOC(C)C(OCCCCCCCCCCCCCCCCCC)[N+](C)(C)CCO. The first-order valence-electron chi connectivity index (χ1n) is 21.7. The molecule has 0 aliphatic heterocycles. The molecule has 2 unspecified atom stereocenters. The zero-order chi connectivity index (χ0) is 34.5. The van der Waals surface area contributed by atoms with Crippen molar-refractivity contribution >= 4 is 0 Å². The van der Waals surface area contributed by atoms with E-state index in [-0.39, 0.29) is 18.9 Å². The predicted octanol–water partition coefficient (Wildman–Crippen LogP) is 13.3. The summed E-state index contributed by atoms with van der Waals surface area (Å²) in [6, 6.07) is 0. The molecule has 0 radical (unpaired) electrons. The van der Waals surface area contributed by atoms with Gasteiger partial charge in [0.05, 0.1) is 27.3 Å². The Hall–Kier alpha value is -0.160. The van der Waals surface area contributed by atoms with Crippen LogP contribution in [-0.4, -0.2) is 62.4 Å². The summed E-state index contributed by atoms with van der Waals surface area (Å²) in [5.41, 5.74) is 0. The standard InChI is InChI=1S/C43H90NO3/c1-6-8-10-12-14-16-18-20-22-24-26-28-30-32-34-36-40-46-42(3)43(44(4,5)38-39-45)47-41-37-35-33-31-29-27-25-23-21-19-17-15-13-11-9-7-2/h42-43,45H,6-41H2,1-5H3/q+1. The molecule has 0 fully saturated rings. The second-order valence-corrected chi connectivity index (χ2v) is 15.7. The van der Waals surface area contributed by atoms with Crippen LogP contribution in [0.15, 0.2) is 0 Å². The second-order valence-electron chi connectivity index (χ2n) is 15.7. The molecule has 284 valence electrons. The molecule has 0 heterocycles. The number of nitrogens with zero attached hydrogens (tertiary/aromatic N) is 1. The first-order valence-corrected chi connectivity index (χ1v) is 21.7. The van der Waals surface area contributed by atoms with Gasteiger partial charge in [0.2, 0.25) is 6.23 Å². The average molecular weight is 669 g/mol. The lowest BCUT2D eigenvalue weighted by Gasteiger charge is -2.40. The lowest BCUT2D eigenvalue weighted by atomic mass is 10.0. The highest BCUT2D eigenvalue weighted by Crippen LogP contribution is 2.19. The minimum absolute atomic E-state index is 0.0282. The highest BCUT2D eigenvalue weighted by molar-refractivity contribution is 4.59. The molecule has 0 bridgehead atoms. The van der Waals surface area contributed by atoms with Gasteiger partial charge in [0.15, 0.2) is 0 Å². The van der Waals surface area contributed by atoms with E-state index in [1.807, 2.05) is 0 Å². The number of likely N-dealkylation sites (N-methyl/N-ethyl adjacent to an activating group) is 1. The molecule has 4 nitrogen and oxygen atoms in total. The van der Waals surface area contributed by atoms with Crippen molar-refractivity contribution in [3.63, 3.8) is 0 Å². The Morgan fingerprint density at radius 3 is 0.936 bits per heavy atom. The van der Waals surface area contributed by atoms with Crippen LogP contribution in [0, 0.1) is 0 Å². The molecule has 0 spiro atoms. The van der Waals surface area contributed by atoms with Gasteiger partial charge in [-0.15, -0.1) is 0 Å². The van der Waals surface area contributed by atoms with E-state index in [0.29, 0.717) is 11.0 Å². The van der Waals surface area contributed by atoms with Crippen LogP contribution >= 0.6 is 0 Å². The molecular weight excluding hydrogens is 578 g/mol. The summed E-state index contributed by atoms with van der Waals surface area (Å²) in [4.78, 5) is 0. The Bertz CT molecular complexity index is 583. The van der Waals surface area contributed by atoms with Crippen LogP contribution in [0.2, 0.25) is 0 Å². The number of aliphatic hydroxyl groups excluding tert-OH is 1. The maximum atomic E-state index is 9.67. The summed E-state index contributed by atoms with van der Waals surface area (Å²) in [5.74, 6) is 0. The normalized spacial score (nSPS) is 13.4. The summed E-state index contributed by atoms with van der Waals surface area (Å²) >= 11 is 0. The summed E-state index contributed by atoms with van der Waals surface area (Å²) in [6.45, 7) is 9.24. The van der Waals surface area contributed by atoms with Crippen LogP contribution < -0.4 is 0 Å². The molecule has 47 heavy (non-hydrogen) atoms. The number of hydrogen-bond donors (Lipinski definition) is 1. The molecule has 0 aliphatic rings. The maximum absolute atomic E-state index is 9.67. The fourth-order valence-electron chi connectivity index (χ4n) is 7.15. The highest BCUT2D eigenvalue weighted by atomic mass is 16.6. The van der Waals surface area contributed by atoms with E-state index in [4.69, 9.17) is 9.47 Å². The van der Waals surface area contributed by atoms with Gasteiger partial charge in [-0.3, -0.25) is 4.48 Å². The molecule has 4 heteroatoms. The van der Waals surface area contributed by atoms with Crippen molar-refractivity contribution in [3.05, 3.63) is 0 Å². The van der Waals surface area contributed by atoms with Crippen LogP contribution in [0.3, 0.4) is 0 Å². The Kier molecular flexibility index (Phi) is 37.0. The van der Waals surface area contributed by atoms with Crippen molar-refractivity contribution in [2.45, 2.75) is 239 Å². The van der Waals surface area contributed by atoms with Gasteiger partial charge in [-0.25, -0.2) is 0 Å². The van der Waals surface area contributed by atoms with E-state index in [1.165, 1.54) is 193 Å². The van der Waals surface area contributed by atoms with Crippen LogP contribution in [0.25, 0.3) is 0 Å². The minimum atomic E-state index is -0.0282. The van der Waals surface area contributed by atoms with Crippen molar-refractivity contribution in [1.29, 1.82) is 0 Å². The fraction of sp³-hybridized carbons (Fsp3) is 1.00. The van der Waals surface area contributed by atoms with E-state index >= 15 is 0 Å². The largest absolute Gasteiger partial charge is 0.391 e. The molecule has 0 saturated carbocycles. The number of hydrogen-bond acceptors (Lipinski definition) is 3. The molecule has 2 atom stereocenters. The number of rotatable bonds is 40. The molecular formula is C43H90NO3+. The summed E-state index contributed by atoms with van der Waals surface area (Å²) < 4.78 is 13.4. The molecule has 0 aromatic heterocycles. The van der Waals surface area contributed by atoms with Crippen LogP contribution in [0.4, 0.5) is 0 Å². The smallest absolute Gasteiger partial charge is 0.219 e.